The summed E-state index contributed by atoms with van der Waals surface area (Å²) in [6.45, 7) is -3.41. The van der Waals surface area contributed by atoms with Crippen molar-refractivity contribution in [1.82, 2.24) is 10.2 Å². The van der Waals surface area contributed by atoms with E-state index in [0.717, 1.165) is 12.1 Å². The van der Waals surface area contributed by atoms with Crippen molar-refractivity contribution in [3.63, 3.8) is 0 Å². The van der Waals surface area contributed by atoms with Crippen molar-refractivity contribution < 1.29 is 40.4 Å². The Morgan fingerprint density at radius 2 is 1.89 bits per heavy atom. The average molecular weight is 554 g/mol. The van der Waals surface area contributed by atoms with Gasteiger partial charge >= 0.3 is 12.2 Å². The maximum Gasteiger partial charge on any atom is 0.416 e. The highest BCUT2D eigenvalue weighted by Crippen LogP contribution is 2.45. The van der Waals surface area contributed by atoms with Gasteiger partial charge in [-0.15, -0.1) is 0 Å². The topological polar surface area (TPSA) is 90.5 Å². The van der Waals surface area contributed by atoms with E-state index in [1.165, 1.54) is 12.1 Å². The first-order valence-electron chi connectivity index (χ1n) is 12.3. The molecule has 0 saturated carbocycles. The van der Waals surface area contributed by atoms with Gasteiger partial charge in [-0.2, -0.15) is 13.2 Å². The Kier molecular flexibility index (Phi) is 5.16. The summed E-state index contributed by atoms with van der Waals surface area (Å²) >= 11 is 6.23. The molecular formula is C25H16ClF5N4O3. The first kappa shape index (κ1) is 21.9. The molecule has 1 unspecified atom stereocenters. The standard InChI is InChI=1S/C25H16ClF5N4O3/c1-35-9-11-6-17(32-22(36)10-4-12(25(29,30)31)7-14(28)5-10)18-19(20(11)34-24(35)38)23(37)33-21(18)15-3-2-13(27)8-16(15)26/h2-8,21H,9H2,1H3,(H,32,36)(H,33,37)(H,34,38)/i1D3. The van der Waals surface area contributed by atoms with Crippen molar-refractivity contribution in [1.29, 1.82) is 0 Å². The van der Waals surface area contributed by atoms with Crippen LogP contribution in [-0.2, 0) is 12.7 Å². The van der Waals surface area contributed by atoms with E-state index in [1.807, 2.05) is 0 Å². The van der Waals surface area contributed by atoms with Crippen LogP contribution in [-0.4, -0.2) is 29.7 Å². The maximum atomic E-state index is 14.0. The Hall–Kier alpha value is -4.19. The van der Waals surface area contributed by atoms with Crippen molar-refractivity contribution in [3.8, 4) is 0 Å². The molecule has 3 aromatic rings. The Balaban J connectivity index is 1.67. The third-order valence-electron chi connectivity index (χ3n) is 6.05. The number of carbonyl (C=O) groups excluding carboxylic acids is 3. The minimum Gasteiger partial charge on any atom is -0.341 e. The fourth-order valence-corrected chi connectivity index (χ4v) is 4.68. The highest BCUT2D eigenvalue weighted by Gasteiger charge is 2.39. The van der Waals surface area contributed by atoms with E-state index in [2.05, 4.69) is 16.0 Å². The molecule has 13 heteroatoms. The van der Waals surface area contributed by atoms with Crippen LogP contribution in [0.5, 0.6) is 0 Å². The first-order valence-corrected chi connectivity index (χ1v) is 11.2. The second-order valence-corrected chi connectivity index (χ2v) is 8.92. The molecule has 0 spiro atoms. The van der Waals surface area contributed by atoms with Crippen molar-refractivity contribution in [2.24, 2.45) is 0 Å². The van der Waals surface area contributed by atoms with Gasteiger partial charge < -0.3 is 20.9 Å². The second-order valence-electron chi connectivity index (χ2n) is 8.52. The van der Waals surface area contributed by atoms with Crippen LogP contribution in [0.4, 0.5) is 38.1 Å². The number of nitrogens with one attached hydrogen (secondary N) is 3. The number of rotatable bonds is 3. The van der Waals surface area contributed by atoms with Gasteiger partial charge in [-0.1, -0.05) is 17.7 Å². The number of carbonyl (C=O) groups is 3. The third-order valence-corrected chi connectivity index (χ3v) is 6.38. The van der Waals surface area contributed by atoms with Crippen LogP contribution in [0.2, 0.25) is 5.02 Å². The van der Waals surface area contributed by atoms with Crippen molar-refractivity contribution in [3.05, 3.63) is 92.5 Å². The molecule has 1 atom stereocenters. The molecule has 0 saturated heterocycles. The number of fused-ring (bicyclic) bond motifs is 3. The average Bonchev–Trinajstić information content (AvgIpc) is 3.20. The molecule has 0 aromatic heterocycles. The molecule has 0 aliphatic carbocycles. The van der Waals surface area contributed by atoms with E-state index in [9.17, 15) is 36.3 Å². The molecule has 5 rings (SSSR count). The van der Waals surface area contributed by atoms with Gasteiger partial charge in [0.15, 0.2) is 0 Å². The Labute approximate surface area is 220 Å². The molecule has 0 bridgehead atoms. The highest BCUT2D eigenvalue weighted by atomic mass is 35.5. The summed E-state index contributed by atoms with van der Waals surface area (Å²) < 4.78 is 90.4. The Morgan fingerprint density at radius 1 is 1.13 bits per heavy atom. The van der Waals surface area contributed by atoms with Gasteiger partial charge in [0.1, 0.15) is 11.6 Å². The quantitative estimate of drug-likeness (QED) is 0.364. The van der Waals surface area contributed by atoms with E-state index >= 15 is 0 Å². The number of urea groups is 1. The lowest BCUT2D eigenvalue weighted by atomic mass is 9.92. The number of hydrogen-bond donors (Lipinski definition) is 3. The predicted molar refractivity (Wildman–Crippen MR) is 127 cm³/mol. The normalized spacial score (nSPS) is 18.0. The van der Waals surface area contributed by atoms with E-state index in [0.29, 0.717) is 17.0 Å². The molecule has 2 heterocycles. The predicted octanol–water partition coefficient (Wildman–Crippen LogP) is 5.70. The molecule has 4 amide bonds. The van der Waals surface area contributed by atoms with Crippen molar-refractivity contribution >= 4 is 40.8 Å². The van der Waals surface area contributed by atoms with E-state index in [1.54, 1.807) is 0 Å². The largest absolute Gasteiger partial charge is 0.416 e. The van der Waals surface area contributed by atoms with Crippen LogP contribution in [0.3, 0.4) is 0 Å². The monoisotopic (exact) mass is 553 g/mol. The SMILES string of the molecule is [2H]C([2H])([2H])N1Cc2cc(NC(=O)c3cc(F)cc(C(F)(F)F)c3)c3c(c2NC1=O)C(=O)NC3c1ccc(F)cc1Cl. The van der Waals surface area contributed by atoms with Crippen LogP contribution in [0.1, 0.15) is 53.1 Å². The second kappa shape index (κ2) is 8.98. The zero-order valence-electron chi connectivity index (χ0n) is 21.8. The molecule has 7 nitrogen and oxygen atoms in total. The number of nitrogens with zero attached hydrogens (tertiary/aromatic N) is 1. The van der Waals surface area contributed by atoms with E-state index < -0.39 is 66.3 Å². The molecule has 38 heavy (non-hydrogen) atoms. The summed E-state index contributed by atoms with van der Waals surface area (Å²) in [5, 5.41) is 7.25. The van der Waals surface area contributed by atoms with E-state index in [-0.39, 0.29) is 44.7 Å². The summed E-state index contributed by atoms with van der Waals surface area (Å²) in [4.78, 5) is 39.4. The molecule has 2 aliphatic rings. The Morgan fingerprint density at radius 3 is 2.58 bits per heavy atom. The minimum absolute atomic E-state index is 0.00527. The minimum atomic E-state index is -4.96. The lowest BCUT2D eigenvalue weighted by Gasteiger charge is -2.28. The van der Waals surface area contributed by atoms with Crippen LogP contribution in [0.25, 0.3) is 0 Å². The molecule has 196 valence electrons. The van der Waals surface area contributed by atoms with Gasteiger partial charge in [0.25, 0.3) is 11.8 Å². The van der Waals surface area contributed by atoms with Crippen molar-refractivity contribution in [2.45, 2.75) is 18.8 Å². The van der Waals surface area contributed by atoms with Gasteiger partial charge in [-0.3, -0.25) is 9.59 Å². The number of hydrogen-bond acceptors (Lipinski definition) is 3. The van der Waals surface area contributed by atoms with Crippen LogP contribution >= 0.6 is 11.6 Å². The first-order chi connectivity index (χ1) is 19.0. The third kappa shape index (κ3) is 4.40. The Bertz CT molecular complexity index is 1650. The molecule has 3 aromatic carbocycles. The van der Waals surface area contributed by atoms with Gasteiger partial charge in [0, 0.05) is 39.5 Å². The summed E-state index contributed by atoms with van der Waals surface area (Å²) in [5.41, 5.74) is -2.28. The zero-order chi connectivity index (χ0) is 30.0. The summed E-state index contributed by atoms with van der Waals surface area (Å²) in [7, 11) is 0. The summed E-state index contributed by atoms with van der Waals surface area (Å²) in [6.07, 6.45) is -4.96. The number of amides is 4. The van der Waals surface area contributed by atoms with Gasteiger partial charge in [-0.05, 0) is 47.5 Å². The number of anilines is 2. The van der Waals surface area contributed by atoms with E-state index in [4.69, 9.17) is 15.7 Å². The number of benzene rings is 3. The fourth-order valence-electron chi connectivity index (χ4n) is 4.40. The lowest BCUT2D eigenvalue weighted by Crippen LogP contribution is -2.36. The maximum absolute atomic E-state index is 14.0. The smallest absolute Gasteiger partial charge is 0.341 e. The van der Waals surface area contributed by atoms with Gasteiger partial charge in [-0.25, -0.2) is 13.6 Å². The zero-order valence-corrected chi connectivity index (χ0v) is 19.5. The summed E-state index contributed by atoms with van der Waals surface area (Å²) in [6, 6.07) is 3.59. The number of alkyl halides is 3. The molecule has 2 aliphatic heterocycles. The van der Waals surface area contributed by atoms with Gasteiger partial charge in [0.2, 0.25) is 0 Å². The molecule has 3 N–H and O–H groups in total. The summed E-state index contributed by atoms with van der Waals surface area (Å²) in [5.74, 6) is -3.98. The number of halogens is 6. The van der Waals surface area contributed by atoms with Crippen molar-refractivity contribution in [2.75, 3.05) is 17.6 Å². The molecular weight excluding hydrogens is 535 g/mol. The van der Waals surface area contributed by atoms with Crippen LogP contribution < -0.4 is 16.0 Å². The van der Waals surface area contributed by atoms with Crippen LogP contribution in [0.15, 0.2) is 42.5 Å². The van der Waals surface area contributed by atoms with Gasteiger partial charge in [0.05, 0.1) is 22.9 Å². The van der Waals surface area contributed by atoms with Crippen LogP contribution in [0, 0.1) is 11.6 Å². The highest BCUT2D eigenvalue weighted by molar-refractivity contribution is 6.31. The molecule has 0 radical (unpaired) electrons. The fraction of sp³-hybridized carbons (Fsp3) is 0.160. The molecule has 0 fully saturated rings. The lowest BCUT2D eigenvalue weighted by molar-refractivity contribution is -0.137.